The third-order valence-corrected chi connectivity index (χ3v) is 5.41. The van der Waals surface area contributed by atoms with Crippen LogP contribution in [0.3, 0.4) is 0 Å². The van der Waals surface area contributed by atoms with Gasteiger partial charge in [-0.2, -0.15) is 0 Å². The summed E-state index contributed by atoms with van der Waals surface area (Å²) in [6.07, 6.45) is 14.6. The topological polar surface area (TPSA) is 63.6 Å². The number of unbranched alkanes of at least 4 members (excludes halogenated alkanes) is 6. The number of hydrogen-bond donors (Lipinski definition) is 1. The van der Waals surface area contributed by atoms with Crippen molar-refractivity contribution in [1.82, 2.24) is 0 Å². The summed E-state index contributed by atoms with van der Waals surface area (Å²) in [6.45, 7) is 4.33. The molecule has 0 aromatic carbocycles. The molecule has 0 aromatic heterocycles. The number of carbonyl (C=O) groups excluding carboxylic acids is 1. The van der Waals surface area contributed by atoms with Crippen molar-refractivity contribution in [2.75, 3.05) is 0 Å². The average molecular weight is 355 g/mol. The lowest BCUT2D eigenvalue weighted by molar-refractivity contribution is -0.164. The van der Waals surface area contributed by atoms with Gasteiger partial charge in [-0.3, -0.25) is 9.59 Å². The zero-order valence-electron chi connectivity index (χ0n) is 16.3. The fourth-order valence-corrected chi connectivity index (χ4v) is 3.87. The summed E-state index contributed by atoms with van der Waals surface area (Å²) < 4.78 is 5.75. The summed E-state index contributed by atoms with van der Waals surface area (Å²) in [5, 5.41) is 9.35. The van der Waals surface area contributed by atoms with E-state index in [1.165, 1.54) is 38.5 Å². The Labute approximate surface area is 153 Å². The minimum Gasteiger partial charge on any atom is -0.481 e. The van der Waals surface area contributed by atoms with Gasteiger partial charge in [0.1, 0.15) is 6.10 Å². The molecule has 146 valence electrons. The zero-order chi connectivity index (χ0) is 18.5. The fourth-order valence-electron chi connectivity index (χ4n) is 3.87. The molecule has 0 amide bonds. The SMILES string of the molecule is CCCCCCCCCC(CCC)OC(=O)C1CCCCC1C(=O)O. The van der Waals surface area contributed by atoms with E-state index in [4.69, 9.17) is 4.74 Å². The lowest BCUT2D eigenvalue weighted by Crippen LogP contribution is -2.35. The Morgan fingerprint density at radius 2 is 1.48 bits per heavy atom. The molecule has 4 heteroatoms. The molecule has 1 saturated carbocycles. The van der Waals surface area contributed by atoms with E-state index in [9.17, 15) is 14.7 Å². The predicted molar refractivity (Wildman–Crippen MR) is 100 cm³/mol. The van der Waals surface area contributed by atoms with E-state index in [0.717, 1.165) is 38.5 Å². The summed E-state index contributed by atoms with van der Waals surface area (Å²) in [4.78, 5) is 23.9. The quantitative estimate of drug-likeness (QED) is 0.339. The number of carboxylic acid groups (broad SMARTS) is 1. The second-order valence-electron chi connectivity index (χ2n) is 7.59. The van der Waals surface area contributed by atoms with Crippen LogP contribution < -0.4 is 0 Å². The van der Waals surface area contributed by atoms with Crippen LogP contribution >= 0.6 is 0 Å². The standard InChI is InChI=1S/C21H38O4/c1-3-5-6-7-8-9-10-14-17(13-4-2)25-21(24)19-16-12-11-15-18(19)20(22)23/h17-19H,3-16H2,1-2H3,(H,22,23). The molecule has 0 aliphatic heterocycles. The molecule has 1 aliphatic carbocycles. The Balaban J connectivity index is 2.37. The number of hydrogen-bond acceptors (Lipinski definition) is 3. The lowest BCUT2D eigenvalue weighted by atomic mass is 9.79. The molecule has 0 heterocycles. The summed E-state index contributed by atoms with van der Waals surface area (Å²) in [5.74, 6) is -2.11. The number of rotatable bonds is 13. The normalized spacial score (nSPS) is 21.7. The Morgan fingerprint density at radius 1 is 0.880 bits per heavy atom. The third-order valence-electron chi connectivity index (χ3n) is 5.41. The highest BCUT2D eigenvalue weighted by atomic mass is 16.5. The molecule has 1 fully saturated rings. The maximum absolute atomic E-state index is 12.5. The maximum atomic E-state index is 12.5. The summed E-state index contributed by atoms with van der Waals surface area (Å²) in [5.41, 5.74) is 0. The summed E-state index contributed by atoms with van der Waals surface area (Å²) in [6, 6.07) is 0. The van der Waals surface area contributed by atoms with Crippen molar-refractivity contribution >= 4 is 11.9 Å². The molecule has 1 aliphatic rings. The van der Waals surface area contributed by atoms with Crippen molar-refractivity contribution in [3.63, 3.8) is 0 Å². The lowest BCUT2D eigenvalue weighted by Gasteiger charge is -2.28. The second kappa shape index (κ2) is 13.2. The van der Waals surface area contributed by atoms with Crippen molar-refractivity contribution in [2.45, 2.75) is 110 Å². The zero-order valence-corrected chi connectivity index (χ0v) is 16.3. The van der Waals surface area contributed by atoms with Crippen LogP contribution in [0.4, 0.5) is 0 Å². The van der Waals surface area contributed by atoms with Crippen molar-refractivity contribution in [1.29, 1.82) is 0 Å². The Morgan fingerprint density at radius 3 is 2.08 bits per heavy atom. The van der Waals surface area contributed by atoms with Crippen LogP contribution in [0.25, 0.3) is 0 Å². The van der Waals surface area contributed by atoms with Crippen LogP contribution in [0.15, 0.2) is 0 Å². The number of esters is 1. The number of carbonyl (C=O) groups is 2. The molecule has 3 atom stereocenters. The van der Waals surface area contributed by atoms with E-state index >= 15 is 0 Å². The maximum Gasteiger partial charge on any atom is 0.310 e. The molecule has 0 aromatic rings. The molecule has 0 saturated heterocycles. The smallest absolute Gasteiger partial charge is 0.310 e. The molecule has 1 N–H and O–H groups in total. The highest BCUT2D eigenvalue weighted by Gasteiger charge is 2.37. The second-order valence-corrected chi connectivity index (χ2v) is 7.59. The molecule has 25 heavy (non-hydrogen) atoms. The molecule has 3 unspecified atom stereocenters. The van der Waals surface area contributed by atoms with E-state index in [-0.39, 0.29) is 12.1 Å². The average Bonchev–Trinajstić information content (AvgIpc) is 2.61. The van der Waals surface area contributed by atoms with Gasteiger partial charge in [0.15, 0.2) is 0 Å². The van der Waals surface area contributed by atoms with E-state index < -0.39 is 17.8 Å². The Kier molecular flexibility index (Phi) is 11.6. The van der Waals surface area contributed by atoms with Gasteiger partial charge in [0.05, 0.1) is 11.8 Å². The van der Waals surface area contributed by atoms with E-state index in [1.807, 2.05) is 0 Å². The largest absolute Gasteiger partial charge is 0.481 e. The minimum atomic E-state index is -0.847. The first-order valence-corrected chi connectivity index (χ1v) is 10.5. The van der Waals surface area contributed by atoms with Gasteiger partial charge in [-0.15, -0.1) is 0 Å². The number of carboxylic acids is 1. The highest BCUT2D eigenvalue weighted by molar-refractivity contribution is 5.81. The Hall–Kier alpha value is -1.06. The van der Waals surface area contributed by atoms with E-state index in [0.29, 0.717) is 12.8 Å². The van der Waals surface area contributed by atoms with Crippen LogP contribution in [0.1, 0.15) is 104 Å². The van der Waals surface area contributed by atoms with Crippen LogP contribution in [0.5, 0.6) is 0 Å². The van der Waals surface area contributed by atoms with Gasteiger partial charge in [0.2, 0.25) is 0 Å². The van der Waals surface area contributed by atoms with Gasteiger partial charge in [0, 0.05) is 0 Å². The van der Waals surface area contributed by atoms with Crippen molar-refractivity contribution < 1.29 is 19.4 Å². The first kappa shape index (κ1) is 22.0. The molecule has 0 spiro atoms. The van der Waals surface area contributed by atoms with Crippen molar-refractivity contribution in [3.8, 4) is 0 Å². The molecular formula is C21H38O4. The minimum absolute atomic E-state index is 0.0375. The van der Waals surface area contributed by atoms with Gasteiger partial charge in [-0.05, 0) is 32.1 Å². The highest BCUT2D eigenvalue weighted by Crippen LogP contribution is 2.32. The predicted octanol–water partition coefficient (Wildman–Crippen LogP) is 5.73. The number of aliphatic carboxylic acids is 1. The molecule has 0 radical (unpaired) electrons. The molecule has 4 nitrogen and oxygen atoms in total. The van der Waals surface area contributed by atoms with Gasteiger partial charge >= 0.3 is 11.9 Å². The van der Waals surface area contributed by atoms with E-state index in [1.54, 1.807) is 0 Å². The van der Waals surface area contributed by atoms with Gasteiger partial charge in [0.25, 0.3) is 0 Å². The molecule has 0 bridgehead atoms. The summed E-state index contributed by atoms with van der Waals surface area (Å²) in [7, 11) is 0. The van der Waals surface area contributed by atoms with E-state index in [2.05, 4.69) is 13.8 Å². The van der Waals surface area contributed by atoms with Crippen LogP contribution in [-0.4, -0.2) is 23.1 Å². The first-order chi connectivity index (χ1) is 12.1. The fraction of sp³-hybridized carbons (Fsp3) is 0.905. The van der Waals surface area contributed by atoms with Crippen LogP contribution in [0, 0.1) is 11.8 Å². The summed E-state index contributed by atoms with van der Waals surface area (Å²) >= 11 is 0. The first-order valence-electron chi connectivity index (χ1n) is 10.5. The van der Waals surface area contributed by atoms with Gasteiger partial charge in [-0.25, -0.2) is 0 Å². The monoisotopic (exact) mass is 354 g/mol. The van der Waals surface area contributed by atoms with Gasteiger partial charge < -0.3 is 9.84 Å². The van der Waals surface area contributed by atoms with Gasteiger partial charge in [-0.1, -0.05) is 71.6 Å². The van der Waals surface area contributed by atoms with Crippen molar-refractivity contribution in [2.24, 2.45) is 11.8 Å². The van der Waals surface area contributed by atoms with Crippen LogP contribution in [0.2, 0.25) is 0 Å². The van der Waals surface area contributed by atoms with Crippen molar-refractivity contribution in [3.05, 3.63) is 0 Å². The number of ether oxygens (including phenoxy) is 1. The third kappa shape index (κ3) is 8.73. The molecular weight excluding hydrogens is 316 g/mol. The molecule has 1 rings (SSSR count). The van der Waals surface area contributed by atoms with Crippen LogP contribution in [-0.2, 0) is 14.3 Å². The Bertz CT molecular complexity index is 380.